The smallest absolute Gasteiger partial charge is 0.255 e. The molecule has 4 heterocycles. The number of hydrogen-bond donors (Lipinski definition) is 1. The van der Waals surface area contributed by atoms with Crippen molar-refractivity contribution in [1.29, 1.82) is 0 Å². The van der Waals surface area contributed by atoms with E-state index in [1.54, 1.807) is 0 Å². The maximum Gasteiger partial charge on any atom is 0.255 e. The van der Waals surface area contributed by atoms with Gasteiger partial charge in [-0.2, -0.15) is 5.10 Å². The third kappa shape index (κ3) is 2.76. The molecule has 0 unspecified atom stereocenters. The predicted molar refractivity (Wildman–Crippen MR) is 106 cm³/mol. The Labute approximate surface area is 164 Å². The summed E-state index contributed by atoms with van der Waals surface area (Å²) in [5.41, 5.74) is 4.67. The van der Waals surface area contributed by atoms with Gasteiger partial charge in [-0.1, -0.05) is 18.2 Å². The number of aromatic amines is 1. The number of para-hydroxylation sites is 1. The number of nitrogens with one attached hydrogen (secondary N) is 1. The van der Waals surface area contributed by atoms with Crippen molar-refractivity contribution >= 4 is 5.91 Å². The maximum absolute atomic E-state index is 12.8. The number of amides is 1. The van der Waals surface area contributed by atoms with E-state index in [1.165, 1.54) is 5.56 Å². The van der Waals surface area contributed by atoms with E-state index in [9.17, 15) is 4.79 Å². The quantitative estimate of drug-likeness (QED) is 0.747. The maximum atomic E-state index is 12.8. The Morgan fingerprint density at radius 1 is 1.18 bits per heavy atom. The molecular weight excluding hydrogens is 352 g/mol. The lowest BCUT2D eigenvalue weighted by molar-refractivity contribution is -0.0963. The molecule has 2 aliphatic rings. The number of H-pyrrole nitrogens is 1. The first-order valence-electron chi connectivity index (χ1n) is 9.88. The van der Waals surface area contributed by atoms with Gasteiger partial charge >= 0.3 is 0 Å². The topological polar surface area (TPSA) is 63.1 Å². The molecule has 144 valence electrons. The minimum Gasteiger partial charge on any atom is -0.368 e. The Hall–Kier alpha value is -2.86. The van der Waals surface area contributed by atoms with Gasteiger partial charge in [-0.25, -0.2) is 4.68 Å². The molecule has 1 fully saturated rings. The fourth-order valence-electron chi connectivity index (χ4n) is 4.42. The van der Waals surface area contributed by atoms with Gasteiger partial charge in [0.05, 0.1) is 23.6 Å². The van der Waals surface area contributed by atoms with Gasteiger partial charge in [0.2, 0.25) is 0 Å². The number of ether oxygens (including phenoxy) is 1. The van der Waals surface area contributed by atoms with E-state index in [0.717, 1.165) is 41.9 Å². The number of hydrogen-bond acceptors (Lipinski definition) is 3. The van der Waals surface area contributed by atoms with Gasteiger partial charge in [-0.05, 0) is 49.9 Å². The Balaban J connectivity index is 1.39. The molecule has 1 amide bonds. The average Bonchev–Trinajstić information content (AvgIpc) is 3.36. The highest BCUT2D eigenvalue weighted by molar-refractivity contribution is 5.95. The fraction of sp³-hybridized carbons (Fsp3) is 0.364. The molecule has 6 nitrogen and oxygen atoms in total. The highest BCUT2D eigenvalue weighted by Crippen LogP contribution is 2.41. The number of carbonyl (C=O) groups is 1. The van der Waals surface area contributed by atoms with Crippen molar-refractivity contribution in [1.82, 2.24) is 19.7 Å². The summed E-state index contributed by atoms with van der Waals surface area (Å²) in [6, 6.07) is 12.0. The number of likely N-dealkylation sites (tertiary alicyclic amines) is 1. The van der Waals surface area contributed by atoms with Crippen LogP contribution in [-0.4, -0.2) is 45.3 Å². The van der Waals surface area contributed by atoms with Crippen LogP contribution in [-0.2, 0) is 16.8 Å². The Kier molecular flexibility index (Phi) is 4.09. The van der Waals surface area contributed by atoms with Crippen molar-refractivity contribution in [3.05, 3.63) is 71.3 Å². The Morgan fingerprint density at radius 3 is 2.68 bits per heavy atom. The second-order valence-corrected chi connectivity index (χ2v) is 7.68. The van der Waals surface area contributed by atoms with Crippen LogP contribution in [0.4, 0.5) is 0 Å². The number of piperidine rings is 1. The molecule has 1 spiro atoms. The van der Waals surface area contributed by atoms with Gasteiger partial charge in [-0.3, -0.25) is 4.79 Å². The number of aromatic nitrogens is 3. The molecule has 1 aromatic carbocycles. The van der Waals surface area contributed by atoms with E-state index in [2.05, 4.69) is 23.3 Å². The number of carbonyl (C=O) groups excluding carboxylic acids is 1. The first-order chi connectivity index (χ1) is 13.7. The van der Waals surface area contributed by atoms with Gasteiger partial charge in [0.25, 0.3) is 5.91 Å². The molecule has 2 aliphatic heterocycles. The van der Waals surface area contributed by atoms with Crippen LogP contribution in [0.2, 0.25) is 0 Å². The van der Waals surface area contributed by atoms with E-state index in [4.69, 9.17) is 9.84 Å². The minimum atomic E-state index is -0.377. The monoisotopic (exact) mass is 376 g/mol. The number of aryl methyl sites for hydroxylation is 1. The third-order valence-corrected chi connectivity index (χ3v) is 6.03. The second-order valence-electron chi connectivity index (χ2n) is 7.68. The molecule has 28 heavy (non-hydrogen) atoms. The van der Waals surface area contributed by atoms with Crippen molar-refractivity contribution in [2.45, 2.75) is 31.8 Å². The molecule has 1 saturated heterocycles. The molecule has 1 N–H and O–H groups in total. The van der Waals surface area contributed by atoms with Crippen LogP contribution in [0.1, 0.15) is 40.2 Å². The summed E-state index contributed by atoms with van der Waals surface area (Å²) in [7, 11) is 0. The van der Waals surface area contributed by atoms with Gasteiger partial charge in [-0.15, -0.1) is 0 Å². The van der Waals surface area contributed by atoms with Gasteiger partial charge in [0.1, 0.15) is 5.60 Å². The second kappa shape index (κ2) is 6.63. The van der Waals surface area contributed by atoms with Gasteiger partial charge in [0.15, 0.2) is 0 Å². The highest BCUT2D eigenvalue weighted by Gasteiger charge is 2.44. The molecule has 0 atom stereocenters. The predicted octanol–water partition coefficient (Wildman–Crippen LogP) is 3.21. The van der Waals surface area contributed by atoms with Crippen molar-refractivity contribution in [2.24, 2.45) is 0 Å². The summed E-state index contributed by atoms with van der Waals surface area (Å²) in [5, 5.41) is 4.92. The summed E-state index contributed by atoms with van der Waals surface area (Å²) in [5.74, 6) is 0.0967. The van der Waals surface area contributed by atoms with Crippen LogP contribution in [0.5, 0.6) is 0 Å². The van der Waals surface area contributed by atoms with E-state index in [0.29, 0.717) is 19.7 Å². The van der Waals surface area contributed by atoms with E-state index < -0.39 is 0 Å². The number of nitrogens with zero attached hydrogens (tertiary/aromatic N) is 3. The summed E-state index contributed by atoms with van der Waals surface area (Å²) in [4.78, 5) is 17.9. The average molecular weight is 376 g/mol. The lowest BCUT2D eigenvalue weighted by atomic mass is 9.83. The van der Waals surface area contributed by atoms with Crippen molar-refractivity contribution in [3.8, 4) is 5.69 Å². The zero-order valence-corrected chi connectivity index (χ0v) is 16.0. The molecule has 0 radical (unpaired) electrons. The normalized spacial score (nSPS) is 18.2. The first-order valence-corrected chi connectivity index (χ1v) is 9.88. The van der Waals surface area contributed by atoms with E-state index >= 15 is 0 Å². The standard InChI is InChI=1S/C22H24N4O2/c1-16-19(7-11-23-16)21(27)25-12-9-22(10-13-25)20-17(8-14-28-22)15-26(24-20)18-5-3-2-4-6-18/h2-7,11,15,23H,8-10,12-14H2,1H3. The molecule has 0 bridgehead atoms. The van der Waals surface area contributed by atoms with Crippen LogP contribution in [0.3, 0.4) is 0 Å². The van der Waals surface area contributed by atoms with Crippen molar-refractivity contribution in [3.63, 3.8) is 0 Å². The molecule has 0 aliphatic carbocycles. The Bertz CT molecular complexity index is 997. The van der Waals surface area contributed by atoms with Crippen LogP contribution in [0.15, 0.2) is 48.8 Å². The molecular formula is C22H24N4O2. The van der Waals surface area contributed by atoms with E-state index in [-0.39, 0.29) is 11.5 Å². The molecule has 3 aromatic rings. The van der Waals surface area contributed by atoms with Crippen molar-refractivity contribution in [2.75, 3.05) is 19.7 Å². The number of rotatable bonds is 2. The third-order valence-electron chi connectivity index (χ3n) is 6.03. The largest absolute Gasteiger partial charge is 0.368 e. The molecule has 0 saturated carbocycles. The first kappa shape index (κ1) is 17.3. The summed E-state index contributed by atoms with van der Waals surface area (Å²) in [6.45, 7) is 4.01. The summed E-state index contributed by atoms with van der Waals surface area (Å²) < 4.78 is 8.26. The zero-order chi connectivity index (χ0) is 19.1. The van der Waals surface area contributed by atoms with Crippen LogP contribution < -0.4 is 0 Å². The SMILES string of the molecule is Cc1[nH]ccc1C(=O)N1CCC2(CC1)OCCc1cn(-c3ccccc3)nc12. The molecule has 5 rings (SSSR count). The fourth-order valence-corrected chi connectivity index (χ4v) is 4.42. The number of benzene rings is 1. The summed E-state index contributed by atoms with van der Waals surface area (Å²) >= 11 is 0. The summed E-state index contributed by atoms with van der Waals surface area (Å²) in [6.07, 6.45) is 6.40. The zero-order valence-electron chi connectivity index (χ0n) is 16.0. The van der Waals surface area contributed by atoms with Gasteiger partial charge < -0.3 is 14.6 Å². The lowest BCUT2D eigenvalue weighted by Gasteiger charge is -2.43. The van der Waals surface area contributed by atoms with Crippen molar-refractivity contribution < 1.29 is 9.53 Å². The minimum absolute atomic E-state index is 0.0967. The van der Waals surface area contributed by atoms with Crippen LogP contribution >= 0.6 is 0 Å². The Morgan fingerprint density at radius 2 is 1.96 bits per heavy atom. The molecule has 6 heteroatoms. The molecule has 2 aromatic heterocycles. The van der Waals surface area contributed by atoms with E-state index in [1.807, 2.05) is 47.0 Å². The van der Waals surface area contributed by atoms with Crippen LogP contribution in [0, 0.1) is 6.92 Å². The highest BCUT2D eigenvalue weighted by atomic mass is 16.5. The van der Waals surface area contributed by atoms with Crippen LogP contribution in [0.25, 0.3) is 5.69 Å². The lowest BCUT2D eigenvalue weighted by Crippen LogP contribution is -2.48. The number of fused-ring (bicyclic) bond motifs is 2. The van der Waals surface area contributed by atoms with Gasteiger partial charge in [0, 0.05) is 31.2 Å².